The molecule has 1 N–H and O–H groups in total. The number of carbonyl (C=O) groups is 1. The minimum absolute atomic E-state index is 0.180. The van der Waals surface area contributed by atoms with Gasteiger partial charge in [0.15, 0.2) is 0 Å². The molecule has 19 heavy (non-hydrogen) atoms. The predicted molar refractivity (Wildman–Crippen MR) is 71.3 cm³/mol. The van der Waals surface area contributed by atoms with Crippen molar-refractivity contribution in [3.63, 3.8) is 0 Å². The van der Waals surface area contributed by atoms with Crippen molar-refractivity contribution in [2.75, 3.05) is 6.61 Å². The Balaban J connectivity index is 2.01. The van der Waals surface area contributed by atoms with Crippen LogP contribution in [0, 0.1) is 0 Å². The molecule has 0 heterocycles. The zero-order chi connectivity index (χ0) is 13.9. The molecular weight excluding hydrogens is 244 g/mol. The quantitative estimate of drug-likeness (QED) is 0.849. The van der Waals surface area contributed by atoms with Crippen LogP contribution in [-0.2, 0) is 4.74 Å². The normalized spacial score (nSPS) is 26.2. The van der Waals surface area contributed by atoms with E-state index in [4.69, 9.17) is 9.47 Å². The van der Waals surface area contributed by atoms with Crippen molar-refractivity contribution in [3.05, 3.63) is 29.8 Å². The van der Waals surface area contributed by atoms with Crippen LogP contribution in [0.5, 0.6) is 5.75 Å². The first kappa shape index (κ1) is 13.9. The second-order valence-corrected chi connectivity index (χ2v) is 5.10. The third kappa shape index (κ3) is 3.26. The number of ether oxygens (including phenoxy) is 2. The van der Waals surface area contributed by atoms with Crippen molar-refractivity contribution in [3.8, 4) is 5.75 Å². The van der Waals surface area contributed by atoms with Crippen molar-refractivity contribution in [1.29, 1.82) is 0 Å². The molecule has 104 valence electrons. The fourth-order valence-corrected chi connectivity index (χ4v) is 2.35. The molecular formula is C15H20O4. The standard InChI is InChI=1S/C15H20O4/c1-3-18-14(16)11-6-8-12(9-7-11)19-13-5-4-10-15(13,2)17/h6-9,13,17H,3-5,10H2,1-2H3. The summed E-state index contributed by atoms with van der Waals surface area (Å²) in [4.78, 5) is 11.5. The molecule has 1 saturated carbocycles. The van der Waals surface area contributed by atoms with Gasteiger partial charge in [-0.05, 0) is 57.4 Å². The maximum absolute atomic E-state index is 11.5. The summed E-state index contributed by atoms with van der Waals surface area (Å²) in [7, 11) is 0. The zero-order valence-electron chi connectivity index (χ0n) is 11.4. The van der Waals surface area contributed by atoms with E-state index >= 15 is 0 Å². The minimum atomic E-state index is -0.764. The van der Waals surface area contributed by atoms with Crippen LogP contribution in [0.3, 0.4) is 0 Å². The summed E-state index contributed by atoms with van der Waals surface area (Å²) >= 11 is 0. The SMILES string of the molecule is CCOC(=O)c1ccc(OC2CCCC2(C)O)cc1. The topological polar surface area (TPSA) is 55.8 Å². The molecule has 1 aliphatic carbocycles. The highest BCUT2D eigenvalue weighted by atomic mass is 16.5. The maximum Gasteiger partial charge on any atom is 0.338 e. The van der Waals surface area contributed by atoms with Crippen molar-refractivity contribution in [2.45, 2.75) is 44.8 Å². The summed E-state index contributed by atoms with van der Waals surface area (Å²) < 4.78 is 10.7. The largest absolute Gasteiger partial charge is 0.487 e. The summed E-state index contributed by atoms with van der Waals surface area (Å²) in [6.45, 7) is 3.94. The molecule has 1 aliphatic rings. The number of hydrogen-bond donors (Lipinski definition) is 1. The highest BCUT2D eigenvalue weighted by molar-refractivity contribution is 5.89. The van der Waals surface area contributed by atoms with Crippen LogP contribution < -0.4 is 4.74 Å². The van der Waals surface area contributed by atoms with Crippen molar-refractivity contribution < 1.29 is 19.4 Å². The van der Waals surface area contributed by atoms with Gasteiger partial charge < -0.3 is 14.6 Å². The van der Waals surface area contributed by atoms with Crippen molar-refractivity contribution >= 4 is 5.97 Å². The van der Waals surface area contributed by atoms with E-state index in [0.717, 1.165) is 19.3 Å². The van der Waals surface area contributed by atoms with Gasteiger partial charge in [0, 0.05) is 0 Å². The summed E-state index contributed by atoms with van der Waals surface area (Å²) in [5.41, 5.74) is -0.257. The Bertz CT molecular complexity index is 436. The molecule has 1 aromatic carbocycles. The Kier molecular flexibility index (Phi) is 4.10. The zero-order valence-corrected chi connectivity index (χ0v) is 11.4. The molecule has 1 aromatic rings. The molecule has 0 aliphatic heterocycles. The molecule has 1 fully saturated rings. The molecule has 0 bridgehead atoms. The molecule has 2 rings (SSSR count). The molecule has 0 amide bonds. The lowest BCUT2D eigenvalue weighted by atomic mass is 10.0. The first-order valence-electron chi connectivity index (χ1n) is 6.69. The van der Waals surface area contributed by atoms with Gasteiger partial charge in [-0.3, -0.25) is 0 Å². The highest BCUT2D eigenvalue weighted by Gasteiger charge is 2.38. The minimum Gasteiger partial charge on any atom is -0.487 e. The van der Waals surface area contributed by atoms with Crippen molar-refractivity contribution in [2.24, 2.45) is 0 Å². The Labute approximate surface area is 113 Å². The van der Waals surface area contributed by atoms with E-state index in [2.05, 4.69) is 0 Å². The molecule has 0 aromatic heterocycles. The van der Waals surface area contributed by atoms with Gasteiger partial charge in [-0.15, -0.1) is 0 Å². The van der Waals surface area contributed by atoms with Crippen molar-refractivity contribution in [1.82, 2.24) is 0 Å². The third-order valence-corrected chi connectivity index (χ3v) is 3.49. The fraction of sp³-hybridized carbons (Fsp3) is 0.533. The monoisotopic (exact) mass is 264 g/mol. The molecule has 4 nitrogen and oxygen atoms in total. The van der Waals surface area contributed by atoms with Crippen LogP contribution >= 0.6 is 0 Å². The lowest BCUT2D eigenvalue weighted by molar-refractivity contribution is -0.0252. The van der Waals surface area contributed by atoms with Crippen LogP contribution in [0.1, 0.15) is 43.5 Å². The Morgan fingerprint density at radius 2 is 2.11 bits per heavy atom. The summed E-state index contributed by atoms with van der Waals surface area (Å²) in [5.74, 6) is 0.335. The van der Waals surface area contributed by atoms with Gasteiger partial charge in [-0.2, -0.15) is 0 Å². The van der Waals surface area contributed by atoms with Gasteiger partial charge in [0.25, 0.3) is 0 Å². The number of esters is 1. The van der Waals surface area contributed by atoms with Gasteiger partial charge in [-0.25, -0.2) is 4.79 Å². The van der Waals surface area contributed by atoms with Crippen LogP contribution in [0.25, 0.3) is 0 Å². The van der Waals surface area contributed by atoms with Gasteiger partial charge in [0.2, 0.25) is 0 Å². The molecule has 4 heteroatoms. The average molecular weight is 264 g/mol. The average Bonchev–Trinajstić information content (AvgIpc) is 2.70. The molecule has 0 saturated heterocycles. The van der Waals surface area contributed by atoms with Gasteiger partial charge >= 0.3 is 5.97 Å². The Morgan fingerprint density at radius 3 is 2.63 bits per heavy atom. The predicted octanol–water partition coefficient (Wildman–Crippen LogP) is 2.55. The van der Waals surface area contributed by atoms with Gasteiger partial charge in [0.05, 0.1) is 17.8 Å². The summed E-state index contributed by atoms with van der Waals surface area (Å²) in [6, 6.07) is 6.83. The number of rotatable bonds is 4. The summed E-state index contributed by atoms with van der Waals surface area (Å²) in [5, 5.41) is 10.1. The highest BCUT2D eigenvalue weighted by Crippen LogP contribution is 2.32. The smallest absolute Gasteiger partial charge is 0.338 e. The second kappa shape index (κ2) is 5.61. The van der Waals surface area contributed by atoms with Gasteiger partial charge in [0.1, 0.15) is 11.9 Å². The Morgan fingerprint density at radius 1 is 1.42 bits per heavy atom. The lowest BCUT2D eigenvalue weighted by Gasteiger charge is -2.26. The first-order valence-corrected chi connectivity index (χ1v) is 6.69. The lowest BCUT2D eigenvalue weighted by Crippen LogP contribution is -2.37. The number of benzene rings is 1. The van der Waals surface area contributed by atoms with E-state index in [9.17, 15) is 9.90 Å². The van der Waals surface area contributed by atoms with E-state index in [-0.39, 0.29) is 12.1 Å². The van der Waals surface area contributed by atoms with Crippen LogP contribution in [0.2, 0.25) is 0 Å². The number of aliphatic hydroxyl groups is 1. The summed E-state index contributed by atoms with van der Waals surface area (Å²) in [6.07, 6.45) is 2.41. The Hall–Kier alpha value is -1.55. The van der Waals surface area contributed by atoms with E-state index in [0.29, 0.717) is 17.9 Å². The fourth-order valence-electron chi connectivity index (χ4n) is 2.35. The van der Waals surface area contributed by atoms with E-state index in [1.54, 1.807) is 38.1 Å². The van der Waals surface area contributed by atoms with Gasteiger partial charge in [-0.1, -0.05) is 0 Å². The van der Waals surface area contributed by atoms with E-state index < -0.39 is 5.60 Å². The molecule has 0 radical (unpaired) electrons. The molecule has 2 atom stereocenters. The van der Waals surface area contributed by atoms with Crippen LogP contribution in [0.15, 0.2) is 24.3 Å². The van der Waals surface area contributed by atoms with Crippen LogP contribution in [0.4, 0.5) is 0 Å². The number of carbonyl (C=O) groups excluding carboxylic acids is 1. The van der Waals surface area contributed by atoms with Crippen LogP contribution in [-0.4, -0.2) is 29.4 Å². The van der Waals surface area contributed by atoms with E-state index in [1.165, 1.54) is 0 Å². The third-order valence-electron chi connectivity index (χ3n) is 3.49. The maximum atomic E-state index is 11.5. The number of hydrogen-bond acceptors (Lipinski definition) is 4. The first-order chi connectivity index (χ1) is 9.03. The molecule has 0 spiro atoms. The molecule has 2 unspecified atom stereocenters. The second-order valence-electron chi connectivity index (χ2n) is 5.10. The van der Waals surface area contributed by atoms with E-state index in [1.807, 2.05) is 0 Å².